The van der Waals surface area contributed by atoms with Gasteiger partial charge in [0.05, 0.1) is 5.10 Å². The summed E-state index contributed by atoms with van der Waals surface area (Å²) in [6.07, 6.45) is 0.792. The molecule has 9 nitrogen and oxygen atoms in total. The maximum Gasteiger partial charge on any atom is 0.413 e. The fourth-order valence-corrected chi connectivity index (χ4v) is 4.27. The van der Waals surface area contributed by atoms with Crippen molar-refractivity contribution in [3.05, 3.63) is 24.9 Å². The van der Waals surface area contributed by atoms with Crippen molar-refractivity contribution >= 4 is 33.4 Å². The molecule has 27 heavy (non-hydrogen) atoms. The zero-order chi connectivity index (χ0) is 20.7. The highest BCUT2D eigenvalue weighted by Crippen LogP contribution is 2.48. The second-order valence-electron chi connectivity index (χ2n) is 7.98. The summed E-state index contributed by atoms with van der Waals surface area (Å²) in [5.74, 6) is -0.933. The zero-order valence-corrected chi connectivity index (χ0v) is 17.6. The number of aromatic nitrogens is 2. The van der Waals surface area contributed by atoms with Crippen LogP contribution in [0.15, 0.2) is 9.27 Å². The molecule has 2 N–H and O–H groups in total. The summed E-state index contributed by atoms with van der Waals surface area (Å²) in [6, 6.07) is -0.0745. The first kappa shape index (κ1) is 21.3. The number of nitrogens with zero attached hydrogens (tertiary/aromatic N) is 3. The van der Waals surface area contributed by atoms with Gasteiger partial charge in [-0.1, -0.05) is 34.6 Å². The van der Waals surface area contributed by atoms with E-state index < -0.39 is 28.8 Å². The monoisotopic (exact) mass is 444 g/mol. The predicted octanol–water partition coefficient (Wildman–Crippen LogP) is 3.12. The summed E-state index contributed by atoms with van der Waals surface area (Å²) < 4.78 is 0.497. The fourth-order valence-electron chi connectivity index (χ4n) is 3.77. The number of anilines is 1. The number of hydrogen-bond donors (Lipinski definition) is 2. The van der Waals surface area contributed by atoms with Crippen molar-refractivity contribution in [3.63, 3.8) is 0 Å². The van der Waals surface area contributed by atoms with Gasteiger partial charge in [-0.2, -0.15) is 0 Å². The van der Waals surface area contributed by atoms with E-state index >= 15 is 0 Å². The van der Waals surface area contributed by atoms with Gasteiger partial charge in [0.2, 0.25) is 0 Å². The van der Waals surface area contributed by atoms with Crippen LogP contribution in [-0.4, -0.2) is 31.8 Å². The molecule has 0 aromatic carbocycles. The van der Waals surface area contributed by atoms with Gasteiger partial charge in [0.25, 0.3) is 0 Å². The van der Waals surface area contributed by atoms with Gasteiger partial charge in [0.1, 0.15) is 4.47 Å². The van der Waals surface area contributed by atoms with Crippen molar-refractivity contribution in [2.24, 2.45) is 23.2 Å². The molecule has 150 valence electrons. The van der Waals surface area contributed by atoms with Crippen molar-refractivity contribution < 1.29 is 14.8 Å². The van der Waals surface area contributed by atoms with Crippen LogP contribution < -0.4 is 10.9 Å². The first-order valence-electron chi connectivity index (χ1n) is 8.81. The van der Waals surface area contributed by atoms with Crippen LogP contribution >= 0.6 is 15.9 Å². The van der Waals surface area contributed by atoms with Crippen LogP contribution in [0.25, 0.3) is 0 Å². The molecule has 0 saturated heterocycles. The van der Waals surface area contributed by atoms with Gasteiger partial charge >= 0.3 is 17.3 Å². The van der Waals surface area contributed by atoms with Crippen LogP contribution in [0.3, 0.4) is 0 Å². The molecule has 1 aromatic heterocycles. The van der Waals surface area contributed by atoms with Crippen LogP contribution in [0.4, 0.5) is 11.5 Å². The molecule has 4 atom stereocenters. The number of nitro groups is 1. The third kappa shape index (κ3) is 3.99. The number of nitrogens with one attached hydrogen (secondary N) is 1. The fraction of sp³-hybridized carbons (Fsp3) is 0.706. The molecule has 0 aliphatic heterocycles. The Bertz CT molecular complexity index is 822. The number of carboxylic acids is 1. The minimum atomic E-state index is -1.31. The number of carbonyl (C=O) groups is 1. The van der Waals surface area contributed by atoms with Crippen molar-refractivity contribution in [2.75, 3.05) is 5.32 Å². The molecule has 1 heterocycles. The third-order valence-electron chi connectivity index (χ3n) is 6.34. The number of rotatable bonds is 5. The van der Waals surface area contributed by atoms with Crippen LogP contribution in [0.2, 0.25) is 0 Å². The summed E-state index contributed by atoms with van der Waals surface area (Å²) in [7, 11) is 0. The molecule has 2 rings (SSSR count). The van der Waals surface area contributed by atoms with E-state index in [9.17, 15) is 19.7 Å². The smallest absolute Gasteiger partial charge is 0.413 e. The lowest BCUT2D eigenvalue weighted by atomic mass is 9.58. The minimum Gasteiger partial charge on any atom is -0.480 e. The Morgan fingerprint density at radius 3 is 2.56 bits per heavy atom. The highest BCUT2D eigenvalue weighted by molar-refractivity contribution is 9.10. The van der Waals surface area contributed by atoms with E-state index in [1.807, 2.05) is 0 Å². The SMILES string of the molecule is C[C@@H]1[C@@H](C)C(C)(C)[C@@H](C)C[C@H]1Nc1c([N+](=O)[O-])nn(CC(=O)O)c(=O)c1Br. The van der Waals surface area contributed by atoms with Crippen LogP contribution in [-0.2, 0) is 11.3 Å². The Morgan fingerprint density at radius 2 is 2.04 bits per heavy atom. The molecule has 0 bridgehead atoms. The molecule has 1 aliphatic carbocycles. The lowest BCUT2D eigenvalue weighted by molar-refractivity contribution is -0.389. The molecule has 1 aromatic rings. The molecule has 0 radical (unpaired) electrons. The largest absolute Gasteiger partial charge is 0.480 e. The Kier molecular flexibility index (Phi) is 5.98. The number of aliphatic carboxylic acids is 1. The topological polar surface area (TPSA) is 127 Å². The van der Waals surface area contributed by atoms with E-state index in [4.69, 9.17) is 5.11 Å². The quantitative estimate of drug-likeness (QED) is 0.527. The van der Waals surface area contributed by atoms with E-state index in [-0.39, 0.29) is 27.5 Å². The van der Waals surface area contributed by atoms with Gasteiger partial charge in [0.15, 0.2) is 12.2 Å². The molecule has 0 amide bonds. The Balaban J connectivity index is 2.47. The van der Waals surface area contributed by atoms with E-state index in [1.165, 1.54) is 0 Å². The van der Waals surface area contributed by atoms with Crippen molar-refractivity contribution in [2.45, 2.75) is 53.6 Å². The van der Waals surface area contributed by atoms with Crippen LogP contribution in [0.5, 0.6) is 0 Å². The van der Waals surface area contributed by atoms with E-state index in [0.717, 1.165) is 6.42 Å². The molecule has 10 heteroatoms. The van der Waals surface area contributed by atoms with E-state index in [1.54, 1.807) is 0 Å². The van der Waals surface area contributed by atoms with E-state index in [0.29, 0.717) is 16.5 Å². The average molecular weight is 445 g/mol. The predicted molar refractivity (Wildman–Crippen MR) is 104 cm³/mol. The Hall–Kier alpha value is -1.97. The van der Waals surface area contributed by atoms with Gasteiger partial charge in [0, 0.05) is 6.04 Å². The highest BCUT2D eigenvalue weighted by atomic mass is 79.9. The second kappa shape index (κ2) is 7.57. The average Bonchev–Trinajstić information content (AvgIpc) is 2.56. The van der Waals surface area contributed by atoms with Gasteiger partial charge in [-0.05, 0) is 50.4 Å². The standard InChI is InChI=1S/C17H25BrN4O5/c1-8-6-11(9(2)10(3)17(8,4)5)19-14-13(18)16(25)21(7-12(23)24)20-15(14)22(26)27/h8-11,19H,6-7H2,1-5H3,(H,23,24)/t8-,9+,10+,11+/m0/s1. The van der Waals surface area contributed by atoms with Crippen molar-refractivity contribution in [1.29, 1.82) is 0 Å². The lowest BCUT2D eigenvalue weighted by Crippen LogP contribution is -2.48. The van der Waals surface area contributed by atoms with Gasteiger partial charge in [-0.15, -0.1) is 4.68 Å². The Labute approximate surface area is 165 Å². The summed E-state index contributed by atoms with van der Waals surface area (Å²) >= 11 is 3.11. The molecule has 1 fully saturated rings. The van der Waals surface area contributed by atoms with E-state index in [2.05, 4.69) is 61.0 Å². The molecule has 1 aliphatic rings. The lowest BCUT2D eigenvalue weighted by Gasteiger charge is -2.50. The summed E-state index contributed by atoms with van der Waals surface area (Å²) in [5.41, 5.74) is -0.595. The molecular formula is C17H25BrN4O5. The van der Waals surface area contributed by atoms with Crippen LogP contribution in [0.1, 0.15) is 41.0 Å². The second-order valence-corrected chi connectivity index (χ2v) is 8.78. The first-order chi connectivity index (χ1) is 12.4. The van der Waals surface area contributed by atoms with Crippen molar-refractivity contribution in [3.8, 4) is 0 Å². The van der Waals surface area contributed by atoms with Crippen LogP contribution in [0, 0.1) is 33.3 Å². The third-order valence-corrected chi connectivity index (χ3v) is 7.08. The molecule has 0 unspecified atom stereocenters. The highest BCUT2D eigenvalue weighted by Gasteiger charge is 2.44. The van der Waals surface area contributed by atoms with Crippen molar-refractivity contribution in [1.82, 2.24) is 9.78 Å². The maximum absolute atomic E-state index is 12.4. The number of carboxylic acid groups (broad SMARTS) is 1. The molecule has 0 spiro atoms. The van der Waals surface area contributed by atoms with Gasteiger partial charge in [-0.25, -0.2) is 0 Å². The molecular weight excluding hydrogens is 420 g/mol. The summed E-state index contributed by atoms with van der Waals surface area (Å²) in [4.78, 5) is 34.1. The zero-order valence-electron chi connectivity index (χ0n) is 16.0. The minimum absolute atomic E-state index is 0.00240. The molecule has 1 saturated carbocycles. The first-order valence-corrected chi connectivity index (χ1v) is 9.60. The number of halogens is 1. The summed E-state index contributed by atoms with van der Waals surface area (Å²) in [6.45, 7) is 10.1. The number of hydrogen-bond acceptors (Lipinski definition) is 6. The normalized spacial score (nSPS) is 27.2. The van der Waals surface area contributed by atoms with Gasteiger partial charge < -0.3 is 20.5 Å². The maximum atomic E-state index is 12.4. The summed E-state index contributed by atoms with van der Waals surface area (Å²) in [5, 5.41) is 27.2. The Morgan fingerprint density at radius 1 is 1.44 bits per heavy atom. The van der Waals surface area contributed by atoms with Gasteiger partial charge in [-0.3, -0.25) is 9.59 Å².